The van der Waals surface area contributed by atoms with Gasteiger partial charge in [-0.25, -0.2) is 14.6 Å². The van der Waals surface area contributed by atoms with Gasteiger partial charge in [0.1, 0.15) is 0 Å². The molecule has 6 nitrogen and oxygen atoms in total. The van der Waals surface area contributed by atoms with Crippen molar-refractivity contribution in [2.45, 2.75) is 0 Å². The molecule has 1 N–H and O–H groups in total. The topological polar surface area (TPSA) is 81.3 Å². The molecule has 1 rings (SSSR count). The maximum Gasteiger partial charge on any atom is 0.382 e. The van der Waals surface area contributed by atoms with E-state index < -0.39 is 11.9 Å². The number of imidazole rings is 1. The molecule has 0 saturated carbocycles. The first kappa shape index (κ1) is 9.97. The van der Waals surface area contributed by atoms with Crippen molar-refractivity contribution in [3.8, 4) is 0 Å². The number of nitrogens with one attached hydrogen (secondary N) is 1. The number of nitrogens with zero attached hydrogens (tertiary/aromatic N) is 1. The number of carbonyl (C=O) groups is 2. The Bertz CT molecular complexity index is 355. The molecule has 14 heavy (non-hydrogen) atoms. The van der Waals surface area contributed by atoms with Crippen LogP contribution >= 0.6 is 0 Å². The zero-order valence-electron chi connectivity index (χ0n) is 7.44. The molecule has 0 saturated heterocycles. The average molecular weight is 196 g/mol. The average Bonchev–Trinajstić information content (AvgIpc) is 2.69. The molecule has 0 fully saturated rings. The van der Waals surface area contributed by atoms with Crippen LogP contribution in [0.25, 0.3) is 0 Å². The number of aromatic nitrogens is 2. The van der Waals surface area contributed by atoms with Gasteiger partial charge in [-0.2, -0.15) is 0 Å². The summed E-state index contributed by atoms with van der Waals surface area (Å²) in [6.45, 7) is 3.23. The number of ether oxygens (including phenoxy) is 2. The van der Waals surface area contributed by atoms with Crippen LogP contribution in [-0.4, -0.2) is 29.0 Å². The smallest absolute Gasteiger partial charge is 0.382 e. The largest absolute Gasteiger partial charge is 0.490 e. The summed E-state index contributed by atoms with van der Waals surface area (Å²) in [6, 6.07) is 0. The summed E-state index contributed by atoms with van der Waals surface area (Å²) in [5.74, 6) is -2.11. The van der Waals surface area contributed by atoms with E-state index in [1.807, 2.05) is 0 Å². The van der Waals surface area contributed by atoms with Crippen molar-refractivity contribution in [3.63, 3.8) is 0 Å². The SMILES string of the molecule is C=C(OC)C(=O)OC(=O)c1ncc[nH]1. The molecule has 0 bridgehead atoms. The second-order valence-corrected chi connectivity index (χ2v) is 2.24. The van der Waals surface area contributed by atoms with Gasteiger partial charge in [-0.3, -0.25) is 0 Å². The number of esters is 2. The predicted molar refractivity (Wildman–Crippen MR) is 45.2 cm³/mol. The van der Waals surface area contributed by atoms with E-state index in [0.717, 1.165) is 0 Å². The Morgan fingerprint density at radius 1 is 1.57 bits per heavy atom. The maximum atomic E-state index is 11.1. The number of H-pyrrole nitrogens is 1. The Kier molecular flexibility index (Phi) is 3.01. The van der Waals surface area contributed by atoms with E-state index in [9.17, 15) is 9.59 Å². The van der Waals surface area contributed by atoms with Gasteiger partial charge in [0.15, 0.2) is 5.76 Å². The molecular weight excluding hydrogens is 188 g/mol. The molecule has 0 aromatic carbocycles. The fourth-order valence-electron chi connectivity index (χ4n) is 0.650. The molecule has 1 heterocycles. The lowest BCUT2D eigenvalue weighted by molar-refractivity contribution is -0.137. The van der Waals surface area contributed by atoms with E-state index in [-0.39, 0.29) is 11.6 Å². The van der Waals surface area contributed by atoms with Gasteiger partial charge < -0.3 is 14.5 Å². The standard InChI is InChI=1S/C8H8N2O4/c1-5(13-2)7(11)14-8(12)6-9-3-4-10-6/h3-4H,1H2,2H3,(H,9,10). The van der Waals surface area contributed by atoms with E-state index in [0.29, 0.717) is 0 Å². The molecule has 6 heteroatoms. The van der Waals surface area contributed by atoms with Crippen molar-refractivity contribution >= 4 is 11.9 Å². The van der Waals surface area contributed by atoms with Gasteiger partial charge >= 0.3 is 11.9 Å². The summed E-state index contributed by atoms with van der Waals surface area (Å²) in [6.07, 6.45) is 2.80. The molecular formula is C8H8N2O4. The minimum absolute atomic E-state index is 0.0535. The van der Waals surface area contributed by atoms with Crippen LogP contribution in [0.2, 0.25) is 0 Å². The van der Waals surface area contributed by atoms with E-state index >= 15 is 0 Å². The number of aromatic amines is 1. The molecule has 0 aliphatic rings. The second kappa shape index (κ2) is 4.22. The van der Waals surface area contributed by atoms with Crippen LogP contribution in [-0.2, 0) is 14.3 Å². The molecule has 0 atom stereocenters. The molecule has 1 aromatic heterocycles. The fourth-order valence-corrected chi connectivity index (χ4v) is 0.650. The molecule has 0 aliphatic heterocycles. The van der Waals surface area contributed by atoms with Crippen molar-refractivity contribution in [1.82, 2.24) is 9.97 Å². The Hall–Kier alpha value is -2.11. The van der Waals surface area contributed by atoms with Crippen LogP contribution in [0.1, 0.15) is 10.6 Å². The van der Waals surface area contributed by atoms with Crippen LogP contribution in [0, 0.1) is 0 Å². The number of hydrogen-bond acceptors (Lipinski definition) is 5. The lowest BCUT2D eigenvalue weighted by atomic mass is 10.5. The first-order valence-electron chi connectivity index (χ1n) is 3.64. The van der Waals surface area contributed by atoms with Crippen LogP contribution in [0.15, 0.2) is 24.7 Å². The lowest BCUT2D eigenvalue weighted by Gasteiger charge is -2.01. The van der Waals surface area contributed by atoms with Gasteiger partial charge in [0.25, 0.3) is 0 Å². The van der Waals surface area contributed by atoms with Crippen molar-refractivity contribution in [2.75, 3.05) is 7.11 Å². The third kappa shape index (κ3) is 2.19. The van der Waals surface area contributed by atoms with Crippen LogP contribution in [0.5, 0.6) is 0 Å². The minimum atomic E-state index is -0.936. The summed E-state index contributed by atoms with van der Waals surface area (Å²) >= 11 is 0. The first-order valence-corrected chi connectivity index (χ1v) is 3.64. The molecule has 74 valence electrons. The summed E-state index contributed by atoms with van der Waals surface area (Å²) in [5.41, 5.74) is 0. The van der Waals surface area contributed by atoms with Gasteiger partial charge in [-0.15, -0.1) is 0 Å². The Labute approximate surface area is 79.5 Å². The number of rotatable bonds is 3. The summed E-state index contributed by atoms with van der Waals surface area (Å²) in [7, 11) is 1.25. The van der Waals surface area contributed by atoms with Crippen LogP contribution < -0.4 is 0 Å². The highest BCUT2D eigenvalue weighted by Crippen LogP contribution is 1.99. The van der Waals surface area contributed by atoms with Crippen molar-refractivity contribution in [2.24, 2.45) is 0 Å². The van der Waals surface area contributed by atoms with Crippen molar-refractivity contribution in [1.29, 1.82) is 0 Å². The van der Waals surface area contributed by atoms with Gasteiger partial charge in [-0.1, -0.05) is 0 Å². The zero-order valence-corrected chi connectivity index (χ0v) is 7.44. The van der Waals surface area contributed by atoms with E-state index in [1.165, 1.54) is 19.5 Å². The molecule has 0 spiro atoms. The predicted octanol–water partition coefficient (Wildman–Crippen LogP) is 0.253. The van der Waals surface area contributed by atoms with Gasteiger partial charge in [0, 0.05) is 12.4 Å². The minimum Gasteiger partial charge on any atom is -0.490 e. The van der Waals surface area contributed by atoms with Crippen LogP contribution in [0.3, 0.4) is 0 Å². The highest BCUT2D eigenvalue weighted by Gasteiger charge is 2.17. The summed E-state index contributed by atoms with van der Waals surface area (Å²) in [4.78, 5) is 28.2. The lowest BCUT2D eigenvalue weighted by Crippen LogP contribution is -2.15. The van der Waals surface area contributed by atoms with Crippen LogP contribution in [0.4, 0.5) is 0 Å². The second-order valence-electron chi connectivity index (χ2n) is 2.24. The summed E-state index contributed by atoms with van der Waals surface area (Å²) in [5, 5.41) is 0. The van der Waals surface area contributed by atoms with Gasteiger partial charge in [0.05, 0.1) is 7.11 Å². The third-order valence-electron chi connectivity index (χ3n) is 1.35. The Morgan fingerprint density at radius 3 is 2.79 bits per heavy atom. The number of methoxy groups -OCH3 is 1. The molecule has 0 aliphatic carbocycles. The fraction of sp³-hybridized carbons (Fsp3) is 0.125. The quantitative estimate of drug-likeness (QED) is 0.324. The molecule has 1 aromatic rings. The van der Waals surface area contributed by atoms with Crippen molar-refractivity contribution in [3.05, 3.63) is 30.6 Å². The normalized spacial score (nSPS) is 9.21. The summed E-state index contributed by atoms with van der Waals surface area (Å²) < 4.78 is 8.83. The zero-order chi connectivity index (χ0) is 10.6. The van der Waals surface area contributed by atoms with Gasteiger partial charge in [0.2, 0.25) is 5.82 Å². The molecule has 0 unspecified atom stereocenters. The van der Waals surface area contributed by atoms with E-state index in [2.05, 4.69) is 26.0 Å². The molecule has 0 radical (unpaired) electrons. The molecule has 0 amide bonds. The van der Waals surface area contributed by atoms with E-state index in [4.69, 9.17) is 0 Å². The highest BCUT2D eigenvalue weighted by atomic mass is 16.6. The highest BCUT2D eigenvalue weighted by molar-refractivity contribution is 5.99. The Balaban J connectivity index is 2.58. The van der Waals surface area contributed by atoms with E-state index in [1.54, 1.807) is 0 Å². The third-order valence-corrected chi connectivity index (χ3v) is 1.35. The van der Waals surface area contributed by atoms with Gasteiger partial charge in [-0.05, 0) is 6.58 Å². The van der Waals surface area contributed by atoms with Crippen molar-refractivity contribution < 1.29 is 19.1 Å². The number of hydrogen-bond donors (Lipinski definition) is 1. The Morgan fingerprint density at radius 2 is 2.29 bits per heavy atom. The first-order chi connectivity index (χ1) is 6.65. The maximum absolute atomic E-state index is 11.1. The number of carbonyl (C=O) groups excluding carboxylic acids is 2. The monoisotopic (exact) mass is 196 g/mol.